The lowest BCUT2D eigenvalue weighted by Gasteiger charge is -2.36. The Labute approximate surface area is 154 Å². The molecule has 1 aromatic carbocycles. The highest BCUT2D eigenvalue weighted by molar-refractivity contribution is 5.69. The van der Waals surface area contributed by atoms with Crippen LogP contribution in [0.3, 0.4) is 0 Å². The quantitative estimate of drug-likeness (QED) is 0.889. The maximum Gasteiger partial charge on any atom is 0.410 e. The summed E-state index contributed by atoms with van der Waals surface area (Å²) in [6.07, 6.45) is -0.491. The van der Waals surface area contributed by atoms with E-state index in [0.717, 1.165) is 5.56 Å². The zero-order valence-electron chi connectivity index (χ0n) is 15.9. The molecule has 0 bridgehead atoms. The normalized spacial score (nSPS) is 20.4. The predicted molar refractivity (Wildman–Crippen MR) is 96.8 cm³/mol. The van der Waals surface area contributed by atoms with Gasteiger partial charge in [-0.15, -0.1) is 0 Å². The summed E-state index contributed by atoms with van der Waals surface area (Å²) in [7, 11) is 1.59. The number of nitrogens with one attached hydrogen (secondary N) is 1. The van der Waals surface area contributed by atoms with Crippen molar-refractivity contribution in [2.75, 3.05) is 20.2 Å². The van der Waals surface area contributed by atoms with Crippen LogP contribution in [0.4, 0.5) is 9.59 Å². The summed E-state index contributed by atoms with van der Waals surface area (Å²) in [4.78, 5) is 26.0. The van der Waals surface area contributed by atoms with Crippen LogP contribution >= 0.6 is 0 Å². The third kappa shape index (κ3) is 6.55. The zero-order chi connectivity index (χ0) is 19.2. The van der Waals surface area contributed by atoms with Crippen LogP contribution in [0.5, 0.6) is 0 Å². The molecule has 1 saturated heterocycles. The minimum Gasteiger partial charge on any atom is -0.445 e. The lowest BCUT2D eigenvalue weighted by Crippen LogP contribution is -2.55. The van der Waals surface area contributed by atoms with E-state index in [4.69, 9.17) is 14.2 Å². The first-order valence-electron chi connectivity index (χ1n) is 8.75. The van der Waals surface area contributed by atoms with E-state index in [0.29, 0.717) is 19.5 Å². The van der Waals surface area contributed by atoms with E-state index in [-0.39, 0.29) is 18.8 Å². The van der Waals surface area contributed by atoms with Crippen molar-refractivity contribution in [3.05, 3.63) is 35.9 Å². The molecule has 2 rings (SSSR count). The summed E-state index contributed by atoms with van der Waals surface area (Å²) in [6, 6.07) is 9.24. The molecule has 0 saturated carbocycles. The minimum atomic E-state index is -0.576. The molecule has 2 atom stereocenters. The number of benzene rings is 1. The minimum absolute atomic E-state index is 0.173. The van der Waals surface area contributed by atoms with Gasteiger partial charge < -0.3 is 24.4 Å². The molecule has 1 aliphatic heterocycles. The molecule has 1 aliphatic rings. The molecular formula is C19H28N2O5. The number of likely N-dealkylation sites (tertiary alicyclic amines) is 1. The molecule has 2 unspecified atom stereocenters. The van der Waals surface area contributed by atoms with Gasteiger partial charge in [0.2, 0.25) is 0 Å². The summed E-state index contributed by atoms with van der Waals surface area (Å²) in [5.41, 5.74) is 0.345. The lowest BCUT2D eigenvalue weighted by atomic mass is 10.0. The maximum atomic E-state index is 12.4. The second-order valence-corrected chi connectivity index (χ2v) is 7.38. The van der Waals surface area contributed by atoms with Crippen LogP contribution in [0.25, 0.3) is 0 Å². The van der Waals surface area contributed by atoms with Crippen LogP contribution in [0.15, 0.2) is 30.3 Å². The van der Waals surface area contributed by atoms with E-state index in [1.54, 1.807) is 32.8 Å². The van der Waals surface area contributed by atoms with Crippen LogP contribution in [-0.2, 0) is 20.8 Å². The predicted octanol–water partition coefficient (Wildman–Crippen LogP) is 2.94. The Morgan fingerprint density at radius 3 is 2.50 bits per heavy atom. The molecule has 7 nitrogen and oxygen atoms in total. The average Bonchev–Trinajstić information content (AvgIpc) is 2.58. The van der Waals surface area contributed by atoms with E-state index >= 15 is 0 Å². The molecule has 26 heavy (non-hydrogen) atoms. The summed E-state index contributed by atoms with van der Waals surface area (Å²) in [5, 5.41) is 2.81. The smallest absolute Gasteiger partial charge is 0.410 e. The largest absolute Gasteiger partial charge is 0.445 e. The standard InChI is InChI=1S/C19H28N2O5/c1-19(2,3)26-17(22)20-15-10-16(24-4)12-21(11-15)18(23)25-13-14-8-6-5-7-9-14/h5-9,15-16H,10-13H2,1-4H3,(H,20,22). The Hall–Kier alpha value is -2.28. The number of alkyl carbamates (subject to hydrolysis) is 1. The van der Waals surface area contributed by atoms with E-state index in [2.05, 4.69) is 5.32 Å². The Bertz CT molecular complexity index is 600. The fourth-order valence-electron chi connectivity index (χ4n) is 2.76. The number of ether oxygens (including phenoxy) is 3. The van der Waals surface area contributed by atoms with Gasteiger partial charge in [-0.3, -0.25) is 0 Å². The number of piperidine rings is 1. The van der Waals surface area contributed by atoms with E-state index in [9.17, 15) is 9.59 Å². The van der Waals surface area contributed by atoms with Crippen molar-refractivity contribution in [1.29, 1.82) is 0 Å². The van der Waals surface area contributed by atoms with Crippen molar-refractivity contribution >= 4 is 12.2 Å². The van der Waals surface area contributed by atoms with E-state index in [1.807, 2.05) is 30.3 Å². The van der Waals surface area contributed by atoms with Crippen LogP contribution in [0.2, 0.25) is 0 Å². The third-order valence-electron chi connectivity index (χ3n) is 3.93. The van der Waals surface area contributed by atoms with Crippen LogP contribution < -0.4 is 5.32 Å². The Balaban J connectivity index is 1.90. The SMILES string of the molecule is COC1CC(NC(=O)OC(C)(C)C)CN(C(=O)OCc2ccccc2)C1. The first-order valence-corrected chi connectivity index (χ1v) is 8.75. The average molecular weight is 364 g/mol. The van der Waals surface area contributed by atoms with Crippen LogP contribution in [0.1, 0.15) is 32.8 Å². The van der Waals surface area contributed by atoms with Crippen molar-refractivity contribution < 1.29 is 23.8 Å². The summed E-state index contributed by atoms with van der Waals surface area (Å²) in [6.45, 7) is 6.40. The molecule has 0 radical (unpaired) electrons. The van der Waals surface area contributed by atoms with Gasteiger partial charge in [0, 0.05) is 13.7 Å². The zero-order valence-corrected chi connectivity index (χ0v) is 15.9. The van der Waals surface area contributed by atoms with Gasteiger partial charge in [-0.05, 0) is 32.8 Å². The van der Waals surface area contributed by atoms with Crippen LogP contribution in [0, 0.1) is 0 Å². The molecule has 1 fully saturated rings. The number of hydrogen-bond donors (Lipinski definition) is 1. The molecule has 1 heterocycles. The van der Waals surface area contributed by atoms with Gasteiger partial charge in [0.05, 0.1) is 18.7 Å². The summed E-state index contributed by atoms with van der Waals surface area (Å²) >= 11 is 0. The van der Waals surface area contributed by atoms with E-state index < -0.39 is 17.8 Å². The van der Waals surface area contributed by atoms with Gasteiger partial charge in [0.15, 0.2) is 0 Å². The van der Waals surface area contributed by atoms with Gasteiger partial charge in [0.25, 0.3) is 0 Å². The highest BCUT2D eigenvalue weighted by Gasteiger charge is 2.32. The third-order valence-corrected chi connectivity index (χ3v) is 3.93. The van der Waals surface area contributed by atoms with Gasteiger partial charge in [0.1, 0.15) is 12.2 Å². The number of hydrogen-bond acceptors (Lipinski definition) is 5. The molecule has 7 heteroatoms. The molecule has 0 aliphatic carbocycles. The Morgan fingerprint density at radius 2 is 1.88 bits per heavy atom. The topological polar surface area (TPSA) is 77.1 Å². The first kappa shape index (κ1) is 20.0. The van der Waals surface area contributed by atoms with Crippen molar-refractivity contribution in [2.24, 2.45) is 0 Å². The number of carbonyl (C=O) groups is 2. The fourth-order valence-corrected chi connectivity index (χ4v) is 2.76. The number of rotatable bonds is 4. The second-order valence-electron chi connectivity index (χ2n) is 7.38. The first-order chi connectivity index (χ1) is 12.3. The van der Waals surface area contributed by atoms with Crippen molar-refractivity contribution in [3.63, 3.8) is 0 Å². The second kappa shape index (κ2) is 8.89. The molecule has 2 amide bonds. The van der Waals surface area contributed by atoms with Crippen molar-refractivity contribution in [1.82, 2.24) is 10.2 Å². The summed E-state index contributed by atoms with van der Waals surface area (Å²) in [5.74, 6) is 0. The fraction of sp³-hybridized carbons (Fsp3) is 0.579. The monoisotopic (exact) mass is 364 g/mol. The Kier molecular flexibility index (Phi) is 6.85. The molecule has 1 aromatic rings. The molecule has 144 valence electrons. The van der Waals surface area contributed by atoms with Crippen molar-refractivity contribution in [2.45, 2.75) is 51.5 Å². The molecule has 0 spiro atoms. The van der Waals surface area contributed by atoms with Gasteiger partial charge in [-0.2, -0.15) is 0 Å². The number of nitrogens with zero attached hydrogens (tertiary/aromatic N) is 1. The van der Waals surface area contributed by atoms with Gasteiger partial charge in [-0.1, -0.05) is 30.3 Å². The maximum absolute atomic E-state index is 12.4. The number of methoxy groups -OCH3 is 1. The number of carbonyl (C=O) groups excluding carboxylic acids is 2. The highest BCUT2D eigenvalue weighted by Crippen LogP contribution is 2.16. The number of amides is 2. The van der Waals surface area contributed by atoms with Gasteiger partial charge >= 0.3 is 12.2 Å². The van der Waals surface area contributed by atoms with Crippen molar-refractivity contribution in [3.8, 4) is 0 Å². The summed E-state index contributed by atoms with van der Waals surface area (Å²) < 4.78 is 16.1. The lowest BCUT2D eigenvalue weighted by molar-refractivity contribution is 0.00546. The Morgan fingerprint density at radius 1 is 1.19 bits per heavy atom. The van der Waals surface area contributed by atoms with Crippen LogP contribution in [-0.4, -0.2) is 55.0 Å². The highest BCUT2D eigenvalue weighted by atomic mass is 16.6. The molecule has 1 N–H and O–H groups in total. The molecular weight excluding hydrogens is 336 g/mol. The van der Waals surface area contributed by atoms with Gasteiger partial charge in [-0.25, -0.2) is 9.59 Å². The molecule has 0 aromatic heterocycles. The van der Waals surface area contributed by atoms with E-state index in [1.165, 1.54) is 0 Å².